The van der Waals surface area contributed by atoms with Gasteiger partial charge >= 0.3 is 0 Å². The Morgan fingerprint density at radius 3 is 2.20 bits per heavy atom. The van der Waals surface area contributed by atoms with Crippen LogP contribution in [0.2, 0.25) is 0 Å². The molecule has 1 fully saturated rings. The number of alkyl halides is 1. The van der Waals surface area contributed by atoms with E-state index in [4.69, 9.17) is 16.3 Å². The first-order valence-electron chi connectivity index (χ1n) is 16.7. The van der Waals surface area contributed by atoms with Gasteiger partial charge in [0.1, 0.15) is 18.4 Å². The predicted molar refractivity (Wildman–Crippen MR) is 195 cm³/mol. The van der Waals surface area contributed by atoms with Crippen LogP contribution in [-0.4, -0.2) is 78.0 Å². The lowest BCUT2D eigenvalue weighted by Crippen LogP contribution is -2.54. The van der Waals surface area contributed by atoms with Crippen molar-refractivity contribution in [2.24, 2.45) is 0 Å². The minimum Gasteiger partial charge on any atom is -0.492 e. The maximum absolute atomic E-state index is 13.3. The summed E-state index contributed by atoms with van der Waals surface area (Å²) in [6.07, 6.45) is 0.789. The molecule has 2 aliphatic rings. The van der Waals surface area contributed by atoms with Crippen molar-refractivity contribution >= 4 is 58.0 Å². The SMILES string of the molecule is CN(CCOc1ccc(C(=C(CCCl)c2ccccc2)c2ccccc2)cc1)C(=O)CNc1cccc2c1C(=O)N(C1CCC(=O)NC1=O)C2=O. The first kappa shape index (κ1) is 35.1. The summed E-state index contributed by atoms with van der Waals surface area (Å²) in [6, 6.07) is 32.0. The van der Waals surface area contributed by atoms with Gasteiger partial charge in [-0.2, -0.15) is 0 Å². The van der Waals surface area contributed by atoms with Crippen LogP contribution in [0, 0.1) is 0 Å². The number of imide groups is 2. The lowest BCUT2D eigenvalue weighted by molar-refractivity contribution is -0.136. The molecular weight excluding hydrogens is 668 g/mol. The van der Waals surface area contributed by atoms with Crippen molar-refractivity contribution in [2.75, 3.05) is 37.9 Å². The average molecular weight is 705 g/mol. The van der Waals surface area contributed by atoms with Crippen molar-refractivity contribution in [1.29, 1.82) is 0 Å². The Kier molecular flexibility index (Phi) is 10.9. The van der Waals surface area contributed by atoms with Crippen LogP contribution in [0.4, 0.5) is 5.69 Å². The number of fused-ring (bicyclic) bond motifs is 1. The smallest absolute Gasteiger partial charge is 0.264 e. The number of amides is 5. The van der Waals surface area contributed by atoms with Crippen molar-refractivity contribution in [3.05, 3.63) is 131 Å². The molecule has 51 heavy (non-hydrogen) atoms. The zero-order valence-electron chi connectivity index (χ0n) is 28.1. The second kappa shape index (κ2) is 15.9. The molecule has 2 aliphatic heterocycles. The molecule has 6 rings (SSSR count). The predicted octanol–water partition coefficient (Wildman–Crippen LogP) is 5.63. The van der Waals surface area contributed by atoms with Crippen LogP contribution in [0.15, 0.2) is 103 Å². The fraction of sp³-hybridized carbons (Fsp3) is 0.225. The molecule has 0 aromatic heterocycles. The van der Waals surface area contributed by atoms with Crippen LogP contribution in [0.5, 0.6) is 5.75 Å². The number of anilines is 1. The number of hydrogen-bond acceptors (Lipinski definition) is 7. The molecule has 0 spiro atoms. The van der Waals surface area contributed by atoms with Crippen molar-refractivity contribution < 1.29 is 28.7 Å². The number of benzene rings is 4. The van der Waals surface area contributed by atoms with E-state index in [1.54, 1.807) is 19.2 Å². The topological polar surface area (TPSA) is 125 Å². The highest BCUT2D eigenvalue weighted by Gasteiger charge is 2.45. The maximum Gasteiger partial charge on any atom is 0.264 e. The van der Waals surface area contributed by atoms with Gasteiger partial charge in [0.2, 0.25) is 17.7 Å². The van der Waals surface area contributed by atoms with Gasteiger partial charge in [0.15, 0.2) is 0 Å². The van der Waals surface area contributed by atoms with Crippen molar-refractivity contribution in [3.8, 4) is 5.75 Å². The van der Waals surface area contributed by atoms with Gasteiger partial charge in [0, 0.05) is 25.0 Å². The van der Waals surface area contributed by atoms with E-state index in [1.807, 2.05) is 60.7 Å². The summed E-state index contributed by atoms with van der Waals surface area (Å²) < 4.78 is 6.00. The summed E-state index contributed by atoms with van der Waals surface area (Å²) in [5.41, 5.74) is 6.04. The Morgan fingerprint density at radius 2 is 1.53 bits per heavy atom. The van der Waals surface area contributed by atoms with E-state index in [2.05, 4.69) is 34.9 Å². The van der Waals surface area contributed by atoms with E-state index in [0.717, 1.165) is 32.7 Å². The number of carbonyl (C=O) groups excluding carboxylic acids is 5. The second-order valence-corrected chi connectivity index (χ2v) is 12.6. The van der Waals surface area contributed by atoms with Gasteiger partial charge in [-0.1, -0.05) is 78.9 Å². The van der Waals surface area contributed by atoms with Crippen molar-refractivity contribution in [2.45, 2.75) is 25.3 Å². The molecule has 5 amide bonds. The quantitative estimate of drug-likeness (QED) is 0.105. The molecule has 1 saturated heterocycles. The molecule has 0 radical (unpaired) electrons. The fourth-order valence-electron chi connectivity index (χ4n) is 6.38. The minimum atomic E-state index is -1.07. The van der Waals surface area contributed by atoms with Crippen LogP contribution >= 0.6 is 11.6 Å². The Morgan fingerprint density at radius 1 is 0.863 bits per heavy atom. The summed E-state index contributed by atoms with van der Waals surface area (Å²) in [5.74, 6) is -1.49. The zero-order valence-corrected chi connectivity index (χ0v) is 28.8. The van der Waals surface area contributed by atoms with Gasteiger partial charge in [-0.25, -0.2) is 0 Å². The monoisotopic (exact) mass is 704 g/mol. The lowest BCUT2D eigenvalue weighted by atomic mass is 9.88. The third-order valence-corrected chi connectivity index (χ3v) is 9.18. The summed E-state index contributed by atoms with van der Waals surface area (Å²) >= 11 is 6.29. The van der Waals surface area contributed by atoms with Crippen LogP contribution in [-0.2, 0) is 14.4 Å². The standard InChI is InChI=1S/C40H37ClN4O6/c1-44(35(47)25-42-32-14-8-13-31-37(32)40(50)45(39(31)49)33-19-20-34(46)43-38(33)48)23-24-51-29-17-15-28(16-18-29)36(27-11-6-3-7-12-27)30(21-22-41)26-9-4-2-5-10-26/h2-18,33,42H,19-25H2,1H3,(H,43,46,48). The molecule has 2 N–H and O–H groups in total. The third kappa shape index (κ3) is 7.71. The van der Waals surface area contributed by atoms with Gasteiger partial charge in [-0.05, 0) is 64.9 Å². The molecule has 0 saturated carbocycles. The van der Waals surface area contributed by atoms with E-state index in [9.17, 15) is 24.0 Å². The molecule has 260 valence electrons. The number of piperidine rings is 1. The second-order valence-electron chi connectivity index (χ2n) is 12.2. The van der Waals surface area contributed by atoms with E-state index in [0.29, 0.717) is 30.3 Å². The van der Waals surface area contributed by atoms with E-state index in [-0.39, 0.29) is 43.0 Å². The van der Waals surface area contributed by atoms with Gasteiger partial charge in [-0.3, -0.25) is 34.2 Å². The number of rotatable bonds is 13. The van der Waals surface area contributed by atoms with E-state index < -0.39 is 29.7 Å². The molecule has 4 aromatic carbocycles. The molecule has 4 aromatic rings. The first-order valence-corrected chi connectivity index (χ1v) is 17.3. The van der Waals surface area contributed by atoms with Crippen LogP contribution in [0.1, 0.15) is 56.7 Å². The van der Waals surface area contributed by atoms with Crippen molar-refractivity contribution in [3.63, 3.8) is 0 Å². The number of nitrogens with one attached hydrogen (secondary N) is 2. The minimum absolute atomic E-state index is 0.0297. The number of nitrogens with zero attached hydrogens (tertiary/aromatic N) is 2. The number of allylic oxidation sites excluding steroid dienone is 1. The summed E-state index contributed by atoms with van der Waals surface area (Å²) in [6.45, 7) is 0.417. The molecule has 1 unspecified atom stereocenters. The number of carbonyl (C=O) groups is 5. The average Bonchev–Trinajstić information content (AvgIpc) is 3.40. The van der Waals surface area contributed by atoms with Gasteiger partial charge in [0.05, 0.1) is 24.2 Å². The van der Waals surface area contributed by atoms with Gasteiger partial charge < -0.3 is 15.0 Å². The first-order chi connectivity index (χ1) is 24.8. The summed E-state index contributed by atoms with van der Waals surface area (Å²) in [7, 11) is 1.66. The van der Waals surface area contributed by atoms with E-state index in [1.165, 1.54) is 11.0 Å². The normalized spacial score (nSPS) is 16.0. The molecule has 1 atom stereocenters. The molecule has 10 nitrogen and oxygen atoms in total. The number of hydrogen-bond donors (Lipinski definition) is 2. The molecule has 0 aliphatic carbocycles. The maximum atomic E-state index is 13.3. The highest BCUT2D eigenvalue weighted by Crippen LogP contribution is 2.36. The van der Waals surface area contributed by atoms with Gasteiger partial charge in [-0.15, -0.1) is 11.6 Å². The third-order valence-electron chi connectivity index (χ3n) is 8.99. The molecule has 0 bridgehead atoms. The highest BCUT2D eigenvalue weighted by molar-refractivity contribution is 6.25. The van der Waals surface area contributed by atoms with E-state index >= 15 is 0 Å². The summed E-state index contributed by atoms with van der Waals surface area (Å²) in [5, 5.41) is 5.18. The van der Waals surface area contributed by atoms with Gasteiger partial charge in [0.25, 0.3) is 11.8 Å². The number of halogens is 1. The Labute approximate surface area is 301 Å². The lowest BCUT2D eigenvalue weighted by Gasteiger charge is -2.27. The van der Waals surface area contributed by atoms with Crippen LogP contribution < -0.4 is 15.4 Å². The zero-order chi connectivity index (χ0) is 35.9. The Balaban J connectivity index is 1.07. The number of likely N-dealkylation sites (N-methyl/N-ethyl adjacent to an activating group) is 1. The Hall–Kier alpha value is -5.74. The Bertz CT molecular complexity index is 1980. The summed E-state index contributed by atoms with van der Waals surface area (Å²) in [4.78, 5) is 65.9. The molecule has 11 heteroatoms. The largest absolute Gasteiger partial charge is 0.492 e. The molecular formula is C40H37ClN4O6. The van der Waals surface area contributed by atoms with Crippen LogP contribution in [0.25, 0.3) is 11.1 Å². The highest BCUT2D eigenvalue weighted by atomic mass is 35.5. The fourth-order valence-corrected chi connectivity index (χ4v) is 6.57. The number of ether oxygens (including phenoxy) is 1. The van der Waals surface area contributed by atoms with Crippen molar-refractivity contribution in [1.82, 2.24) is 15.1 Å². The van der Waals surface area contributed by atoms with Crippen LogP contribution in [0.3, 0.4) is 0 Å². The molecule has 2 heterocycles.